The van der Waals surface area contributed by atoms with Crippen molar-refractivity contribution in [1.82, 2.24) is 0 Å². The molecule has 0 heterocycles. The lowest BCUT2D eigenvalue weighted by atomic mass is 10.1. The third-order valence-electron chi connectivity index (χ3n) is 6.11. The molecule has 0 atom stereocenters. The summed E-state index contributed by atoms with van der Waals surface area (Å²) < 4.78 is 12.4. The second-order valence-corrected chi connectivity index (χ2v) is 10.4. The van der Waals surface area contributed by atoms with E-state index in [9.17, 15) is 0 Å². The zero-order valence-corrected chi connectivity index (χ0v) is 23.7. The lowest BCUT2D eigenvalue weighted by molar-refractivity contribution is 0.294. The first-order valence-corrected chi connectivity index (χ1v) is 15.2. The predicted molar refractivity (Wildman–Crippen MR) is 159 cm³/mol. The largest absolute Gasteiger partial charge is 0.494 e. The number of unbranched alkanes of at least 4 members (excludes halogenated alkanes) is 10. The standard InChI is InChI=1S/C31H46O2S2/c1-3-5-7-9-11-16-22-32-29-20-21-30(33-23-17-12-10-8-6-4-2)28(24-29)26-35-31(25-34)27-18-14-13-15-19-27/h13-15,18-21,24-25,34H,3-12,16-17,22-23,26H2,1-2H3/b31-25+. The van der Waals surface area contributed by atoms with Gasteiger partial charge in [-0.2, -0.15) is 12.6 Å². The van der Waals surface area contributed by atoms with Crippen molar-refractivity contribution < 1.29 is 9.47 Å². The normalized spacial score (nSPS) is 11.6. The number of ether oxygens (including phenoxy) is 2. The van der Waals surface area contributed by atoms with Crippen LogP contribution in [0.4, 0.5) is 0 Å². The minimum Gasteiger partial charge on any atom is -0.494 e. The maximum absolute atomic E-state index is 6.24. The highest BCUT2D eigenvalue weighted by molar-refractivity contribution is 8.08. The molecule has 0 aliphatic rings. The molecule has 0 unspecified atom stereocenters. The van der Waals surface area contributed by atoms with Crippen LogP contribution < -0.4 is 9.47 Å². The minimum atomic E-state index is 0.774. The Kier molecular flexibility index (Phi) is 16.7. The summed E-state index contributed by atoms with van der Waals surface area (Å²) in [6.45, 7) is 6.07. The van der Waals surface area contributed by atoms with Crippen molar-refractivity contribution >= 4 is 29.3 Å². The van der Waals surface area contributed by atoms with Gasteiger partial charge in [-0.3, -0.25) is 0 Å². The minimum absolute atomic E-state index is 0.774. The van der Waals surface area contributed by atoms with Gasteiger partial charge in [0.05, 0.1) is 13.2 Å². The number of thioether (sulfide) groups is 1. The van der Waals surface area contributed by atoms with Crippen LogP contribution in [0.5, 0.6) is 11.5 Å². The SMILES string of the molecule is CCCCCCCCOc1ccc(OCCCCCCCC)c(CS/C(=C/S)c2ccccc2)c1. The number of benzene rings is 2. The first kappa shape index (κ1) is 29.7. The average Bonchev–Trinajstić information content (AvgIpc) is 2.89. The van der Waals surface area contributed by atoms with Crippen molar-refractivity contribution in [3.63, 3.8) is 0 Å². The molecule has 0 aliphatic carbocycles. The van der Waals surface area contributed by atoms with Gasteiger partial charge in [-0.25, -0.2) is 0 Å². The number of rotatable bonds is 20. The first-order chi connectivity index (χ1) is 17.3. The van der Waals surface area contributed by atoms with Crippen molar-refractivity contribution in [3.05, 3.63) is 65.1 Å². The predicted octanol–water partition coefficient (Wildman–Crippen LogP) is 10.3. The molecule has 0 radical (unpaired) electrons. The van der Waals surface area contributed by atoms with Gasteiger partial charge in [0.2, 0.25) is 0 Å². The van der Waals surface area contributed by atoms with Crippen LogP contribution in [-0.4, -0.2) is 13.2 Å². The summed E-state index contributed by atoms with van der Waals surface area (Å²) in [4.78, 5) is 1.16. The van der Waals surface area contributed by atoms with Crippen LogP contribution in [0, 0.1) is 0 Å². The molecular formula is C31H46O2S2. The fraction of sp³-hybridized carbons (Fsp3) is 0.548. The van der Waals surface area contributed by atoms with Gasteiger partial charge in [0.1, 0.15) is 11.5 Å². The summed E-state index contributed by atoms with van der Waals surface area (Å²) in [5.74, 6) is 2.74. The van der Waals surface area contributed by atoms with Gasteiger partial charge < -0.3 is 9.47 Å². The van der Waals surface area contributed by atoms with E-state index in [4.69, 9.17) is 9.47 Å². The van der Waals surface area contributed by atoms with Gasteiger partial charge in [0.25, 0.3) is 0 Å². The Labute approximate surface area is 224 Å². The molecule has 194 valence electrons. The molecular weight excluding hydrogens is 468 g/mol. The van der Waals surface area contributed by atoms with E-state index in [1.165, 1.54) is 75.3 Å². The first-order valence-electron chi connectivity index (χ1n) is 13.7. The van der Waals surface area contributed by atoms with Crippen LogP contribution in [0.25, 0.3) is 4.91 Å². The molecule has 0 aromatic heterocycles. The maximum Gasteiger partial charge on any atom is 0.123 e. The quantitative estimate of drug-likeness (QED) is 0.140. The van der Waals surface area contributed by atoms with Gasteiger partial charge in [-0.05, 0) is 42.0 Å². The fourth-order valence-electron chi connectivity index (χ4n) is 3.99. The molecule has 0 saturated carbocycles. The zero-order chi connectivity index (χ0) is 25.0. The fourth-order valence-corrected chi connectivity index (χ4v) is 5.28. The monoisotopic (exact) mass is 514 g/mol. The van der Waals surface area contributed by atoms with Crippen LogP contribution >= 0.6 is 24.4 Å². The Balaban J connectivity index is 1.93. The highest BCUT2D eigenvalue weighted by Crippen LogP contribution is 2.35. The number of hydrogen-bond acceptors (Lipinski definition) is 4. The second kappa shape index (κ2) is 19.6. The molecule has 0 bridgehead atoms. The molecule has 0 saturated heterocycles. The summed E-state index contributed by atoms with van der Waals surface area (Å²) in [6.07, 6.45) is 15.3. The molecule has 0 amide bonds. The van der Waals surface area contributed by atoms with Crippen molar-refractivity contribution in [2.45, 2.75) is 96.7 Å². The van der Waals surface area contributed by atoms with Gasteiger partial charge in [0.15, 0.2) is 0 Å². The molecule has 0 spiro atoms. The molecule has 2 aromatic carbocycles. The molecule has 35 heavy (non-hydrogen) atoms. The van der Waals surface area contributed by atoms with Crippen molar-refractivity contribution in [1.29, 1.82) is 0 Å². The van der Waals surface area contributed by atoms with Gasteiger partial charge >= 0.3 is 0 Å². The Morgan fingerprint density at radius 3 is 1.97 bits per heavy atom. The third kappa shape index (κ3) is 12.8. The lowest BCUT2D eigenvalue weighted by Gasteiger charge is -2.15. The summed E-state index contributed by atoms with van der Waals surface area (Å²) in [6, 6.07) is 16.8. The average molecular weight is 515 g/mol. The van der Waals surface area contributed by atoms with Crippen LogP contribution in [-0.2, 0) is 5.75 Å². The van der Waals surface area contributed by atoms with Crippen molar-refractivity contribution in [3.8, 4) is 11.5 Å². The van der Waals surface area contributed by atoms with Crippen LogP contribution in [0.2, 0.25) is 0 Å². The highest BCUT2D eigenvalue weighted by atomic mass is 32.2. The summed E-state index contributed by atoms with van der Waals surface area (Å²) >= 11 is 6.26. The van der Waals surface area contributed by atoms with Crippen molar-refractivity contribution in [2.75, 3.05) is 13.2 Å². The molecule has 0 N–H and O–H groups in total. The number of thiol groups is 1. The molecule has 4 heteroatoms. The van der Waals surface area contributed by atoms with Crippen LogP contribution in [0.1, 0.15) is 102 Å². The van der Waals surface area contributed by atoms with E-state index in [2.05, 4.69) is 68.9 Å². The Morgan fingerprint density at radius 1 is 0.743 bits per heavy atom. The number of hydrogen-bond donors (Lipinski definition) is 1. The van der Waals surface area contributed by atoms with Crippen LogP contribution in [0.15, 0.2) is 53.9 Å². The van der Waals surface area contributed by atoms with Crippen molar-refractivity contribution in [2.24, 2.45) is 0 Å². The zero-order valence-electron chi connectivity index (χ0n) is 22.0. The topological polar surface area (TPSA) is 18.5 Å². The lowest BCUT2D eigenvalue weighted by Crippen LogP contribution is -2.02. The van der Waals surface area contributed by atoms with E-state index < -0.39 is 0 Å². The Hall–Kier alpha value is -1.52. The Bertz CT molecular complexity index is 820. The van der Waals surface area contributed by atoms with E-state index in [-0.39, 0.29) is 0 Å². The third-order valence-corrected chi connectivity index (χ3v) is 7.67. The molecule has 0 aliphatic heterocycles. The van der Waals surface area contributed by atoms with E-state index in [1.54, 1.807) is 11.8 Å². The maximum atomic E-state index is 6.24. The Morgan fingerprint density at radius 2 is 1.34 bits per heavy atom. The van der Waals surface area contributed by atoms with E-state index in [1.807, 2.05) is 11.5 Å². The highest BCUT2D eigenvalue weighted by Gasteiger charge is 2.10. The summed E-state index contributed by atoms with van der Waals surface area (Å²) in [5, 5.41) is 1.90. The second-order valence-electron chi connectivity index (χ2n) is 9.15. The van der Waals surface area contributed by atoms with Gasteiger partial charge in [0, 0.05) is 16.2 Å². The van der Waals surface area contributed by atoms with Gasteiger partial charge in [-0.1, -0.05) is 108 Å². The molecule has 2 nitrogen and oxygen atoms in total. The van der Waals surface area contributed by atoms with E-state index in [0.29, 0.717) is 0 Å². The van der Waals surface area contributed by atoms with E-state index in [0.717, 1.165) is 48.2 Å². The molecule has 2 rings (SSSR count). The molecule has 2 aromatic rings. The smallest absolute Gasteiger partial charge is 0.123 e. The van der Waals surface area contributed by atoms with Gasteiger partial charge in [-0.15, -0.1) is 11.8 Å². The van der Waals surface area contributed by atoms with E-state index >= 15 is 0 Å². The van der Waals surface area contributed by atoms with Crippen LogP contribution in [0.3, 0.4) is 0 Å². The summed E-state index contributed by atoms with van der Waals surface area (Å²) in [5.41, 5.74) is 2.38. The molecule has 0 fully saturated rings. The summed E-state index contributed by atoms with van der Waals surface area (Å²) in [7, 11) is 0.